The van der Waals surface area contributed by atoms with E-state index in [1.54, 1.807) is 11.8 Å². The van der Waals surface area contributed by atoms with Crippen molar-refractivity contribution < 1.29 is 0 Å². The fraction of sp³-hybridized carbons (Fsp3) is 0.0385. The van der Waals surface area contributed by atoms with Crippen LogP contribution in [0.3, 0.4) is 0 Å². The maximum atomic E-state index is 6.06. The Morgan fingerprint density at radius 1 is 0.633 bits per heavy atom. The second-order valence-electron chi connectivity index (χ2n) is 6.88. The minimum atomic E-state index is -1.89. The molecular formula is C26H21ClPS2+. The lowest BCUT2D eigenvalue weighted by Crippen LogP contribution is -2.32. The fourth-order valence-corrected chi connectivity index (χ4v) is 10.6. The monoisotopic (exact) mass is 463 g/mol. The average molecular weight is 464 g/mol. The molecule has 0 spiro atoms. The molecule has 0 aliphatic rings. The smallest absolute Gasteiger partial charge is 0.0843 e. The fourth-order valence-electron chi connectivity index (χ4n) is 3.54. The summed E-state index contributed by atoms with van der Waals surface area (Å²) < 4.78 is 0.902. The Morgan fingerprint density at radius 2 is 1.03 bits per heavy atom. The highest BCUT2D eigenvalue weighted by Gasteiger charge is 2.45. The first kappa shape index (κ1) is 21.3. The Balaban J connectivity index is 1.80. The molecule has 0 heterocycles. The number of rotatable bonds is 6. The number of hydrogen-bond acceptors (Lipinski definition) is 2. The normalized spacial score (nSPS) is 11.2. The molecule has 0 nitrogen and oxygen atoms in total. The third-order valence-electron chi connectivity index (χ3n) is 5.06. The second kappa shape index (κ2) is 9.90. The van der Waals surface area contributed by atoms with Crippen molar-refractivity contribution in [3.63, 3.8) is 0 Å². The molecule has 4 aromatic carbocycles. The summed E-state index contributed by atoms with van der Waals surface area (Å²) in [5.41, 5.74) is 1.96. The minimum Gasteiger partial charge on any atom is -0.0843 e. The van der Waals surface area contributed by atoms with Crippen molar-refractivity contribution in [1.82, 2.24) is 0 Å². The van der Waals surface area contributed by atoms with Crippen molar-refractivity contribution in [3.8, 4) is 0 Å². The molecule has 0 bridgehead atoms. The number of thiocarbonyl (C=S) groups is 1. The lowest BCUT2D eigenvalue weighted by molar-refractivity contribution is 1.68. The molecule has 4 rings (SSSR count). The van der Waals surface area contributed by atoms with Crippen molar-refractivity contribution in [3.05, 3.63) is 126 Å². The van der Waals surface area contributed by atoms with E-state index in [4.69, 9.17) is 23.8 Å². The van der Waals surface area contributed by atoms with Crippen LogP contribution < -0.4 is 15.9 Å². The van der Waals surface area contributed by atoms with E-state index in [2.05, 4.69) is 91.0 Å². The first-order valence-electron chi connectivity index (χ1n) is 9.68. The van der Waals surface area contributed by atoms with Gasteiger partial charge < -0.3 is 0 Å². The van der Waals surface area contributed by atoms with E-state index in [0.717, 1.165) is 20.3 Å². The van der Waals surface area contributed by atoms with Crippen LogP contribution in [0.5, 0.6) is 0 Å². The van der Waals surface area contributed by atoms with E-state index in [-0.39, 0.29) is 0 Å². The standard InChI is InChI=1S/C26H21ClPS2/c27-22-18-16-21(17-19-22)26(29)30-20-28(23-10-4-1-5-11-23,24-12-6-2-7-13-24)25-14-8-3-9-15-25/h1-19H,20H2/q+1. The Labute approximate surface area is 193 Å². The maximum Gasteiger partial charge on any atom is 0.124 e. The minimum absolute atomic E-state index is 0.728. The van der Waals surface area contributed by atoms with Gasteiger partial charge in [0.25, 0.3) is 0 Å². The quantitative estimate of drug-likeness (QED) is 0.230. The highest BCUT2D eigenvalue weighted by Crippen LogP contribution is 2.57. The zero-order valence-electron chi connectivity index (χ0n) is 16.3. The van der Waals surface area contributed by atoms with Crippen LogP contribution >= 0.6 is 42.8 Å². The molecular weight excluding hydrogens is 443 g/mol. The van der Waals surface area contributed by atoms with Crippen LogP contribution in [-0.2, 0) is 0 Å². The molecule has 4 heteroatoms. The molecule has 0 aromatic heterocycles. The van der Waals surface area contributed by atoms with Gasteiger partial charge in [-0.2, -0.15) is 0 Å². The Bertz CT molecular complexity index is 1000. The van der Waals surface area contributed by atoms with Crippen LogP contribution in [0.15, 0.2) is 115 Å². The molecule has 30 heavy (non-hydrogen) atoms. The molecule has 0 saturated heterocycles. The van der Waals surface area contributed by atoms with Crippen LogP contribution in [0, 0.1) is 0 Å². The van der Waals surface area contributed by atoms with Gasteiger partial charge in [-0.1, -0.05) is 102 Å². The Morgan fingerprint density at radius 3 is 1.43 bits per heavy atom. The highest BCUT2D eigenvalue weighted by atomic mass is 35.5. The van der Waals surface area contributed by atoms with E-state index < -0.39 is 7.26 Å². The topological polar surface area (TPSA) is 0 Å². The van der Waals surface area contributed by atoms with Crippen LogP contribution in [0.2, 0.25) is 5.02 Å². The number of thioether (sulfide) groups is 1. The summed E-state index contributed by atoms with van der Waals surface area (Å²) in [5, 5.41) is 4.84. The van der Waals surface area contributed by atoms with Gasteiger partial charge in [0, 0.05) is 5.02 Å². The third-order valence-corrected chi connectivity index (χ3v) is 12.0. The predicted octanol–water partition coefficient (Wildman–Crippen LogP) is 6.70. The van der Waals surface area contributed by atoms with E-state index in [0.29, 0.717) is 0 Å². The SMILES string of the molecule is S=C(SC[P+](c1ccccc1)(c1ccccc1)c1ccccc1)c1ccc(Cl)cc1. The summed E-state index contributed by atoms with van der Waals surface area (Å²) in [4.78, 5) is 0. The van der Waals surface area contributed by atoms with E-state index >= 15 is 0 Å². The Hall–Kier alpha value is -1.96. The van der Waals surface area contributed by atoms with Gasteiger partial charge in [0.2, 0.25) is 0 Å². The molecule has 0 atom stereocenters. The van der Waals surface area contributed by atoms with Crippen molar-refractivity contribution in [2.24, 2.45) is 0 Å². The first-order chi connectivity index (χ1) is 14.7. The molecule has 0 unspecified atom stereocenters. The molecule has 148 valence electrons. The molecule has 0 amide bonds. The van der Waals surface area contributed by atoms with Crippen LogP contribution in [-0.4, -0.2) is 9.69 Å². The summed E-state index contributed by atoms with van der Waals surface area (Å²) in [7, 11) is -1.89. The van der Waals surface area contributed by atoms with Crippen molar-refractivity contribution in [1.29, 1.82) is 0 Å². The van der Waals surface area contributed by atoms with Crippen molar-refractivity contribution >= 4 is 63.0 Å². The summed E-state index contributed by atoms with van der Waals surface area (Å²) in [5.74, 6) is 0. The summed E-state index contributed by atoms with van der Waals surface area (Å²) in [6.07, 6.45) is 0. The number of benzene rings is 4. The van der Waals surface area contributed by atoms with Gasteiger partial charge in [0.05, 0.1) is 4.20 Å². The zero-order chi connectivity index (χ0) is 20.8. The molecule has 0 radical (unpaired) electrons. The number of hydrogen-bond donors (Lipinski definition) is 0. The van der Waals surface area contributed by atoms with Crippen LogP contribution in [0.1, 0.15) is 5.56 Å². The van der Waals surface area contributed by atoms with E-state index in [9.17, 15) is 0 Å². The van der Waals surface area contributed by atoms with Gasteiger partial charge in [0.1, 0.15) is 28.7 Å². The maximum absolute atomic E-state index is 6.06. The molecule has 0 aliphatic heterocycles. The average Bonchev–Trinajstić information content (AvgIpc) is 2.82. The second-order valence-corrected chi connectivity index (χ2v) is 12.9. The van der Waals surface area contributed by atoms with Gasteiger partial charge in [-0.3, -0.25) is 0 Å². The van der Waals surface area contributed by atoms with Gasteiger partial charge in [0.15, 0.2) is 0 Å². The van der Waals surface area contributed by atoms with Crippen molar-refractivity contribution in [2.45, 2.75) is 0 Å². The summed E-state index contributed by atoms with van der Waals surface area (Å²) in [6.45, 7) is 0. The van der Waals surface area contributed by atoms with Gasteiger partial charge in [-0.05, 0) is 54.1 Å². The first-order valence-corrected chi connectivity index (χ1v) is 13.4. The summed E-state index contributed by atoms with van der Waals surface area (Å²) >= 11 is 13.6. The lowest BCUT2D eigenvalue weighted by atomic mass is 10.2. The van der Waals surface area contributed by atoms with Gasteiger partial charge in [-0.25, -0.2) is 0 Å². The van der Waals surface area contributed by atoms with E-state index in [1.165, 1.54) is 15.9 Å². The Kier molecular flexibility index (Phi) is 7.02. The molecule has 0 saturated carbocycles. The van der Waals surface area contributed by atoms with E-state index in [1.807, 2.05) is 24.3 Å². The van der Waals surface area contributed by atoms with Crippen molar-refractivity contribution in [2.75, 3.05) is 5.49 Å². The van der Waals surface area contributed by atoms with Crippen LogP contribution in [0.4, 0.5) is 0 Å². The van der Waals surface area contributed by atoms with Crippen LogP contribution in [0.25, 0.3) is 0 Å². The molecule has 0 N–H and O–H groups in total. The third kappa shape index (κ3) is 4.53. The summed E-state index contributed by atoms with van der Waals surface area (Å²) in [6, 6.07) is 40.5. The molecule has 0 fully saturated rings. The highest BCUT2D eigenvalue weighted by molar-refractivity contribution is 8.28. The number of halogens is 1. The zero-order valence-corrected chi connectivity index (χ0v) is 19.6. The van der Waals surface area contributed by atoms with Gasteiger partial charge in [-0.15, -0.1) is 0 Å². The predicted molar refractivity (Wildman–Crippen MR) is 141 cm³/mol. The lowest BCUT2D eigenvalue weighted by Gasteiger charge is -2.27. The molecule has 4 aromatic rings. The van der Waals surface area contributed by atoms with Gasteiger partial charge >= 0.3 is 0 Å². The largest absolute Gasteiger partial charge is 0.124 e. The molecule has 0 aliphatic carbocycles.